The van der Waals surface area contributed by atoms with E-state index in [1.807, 2.05) is 18.2 Å². The fourth-order valence-corrected chi connectivity index (χ4v) is 2.01. The number of nitrogens with zero attached hydrogens (tertiary/aromatic N) is 2. The Morgan fingerprint density at radius 2 is 2.17 bits per heavy atom. The molecule has 2 heterocycles. The highest BCUT2D eigenvalue weighted by Gasteiger charge is 2.11. The average Bonchev–Trinajstić information content (AvgIpc) is 3.09. The van der Waals surface area contributed by atoms with Gasteiger partial charge in [-0.1, -0.05) is 6.07 Å². The average molecular weight is 326 g/mol. The molecule has 0 atom stereocenters. The molecule has 0 aliphatic rings. The summed E-state index contributed by atoms with van der Waals surface area (Å²) in [5, 5.41) is 10.5. The SMILES string of the molecule is COc1cccc(-c2nnc(CNC(=O)c3ccc(=O)[nH]c3)o2)c1. The number of aromatic amines is 1. The molecule has 3 rings (SSSR count). The van der Waals surface area contributed by atoms with Gasteiger partial charge in [-0.2, -0.15) is 0 Å². The summed E-state index contributed by atoms with van der Waals surface area (Å²) >= 11 is 0. The van der Waals surface area contributed by atoms with Gasteiger partial charge in [0.15, 0.2) is 0 Å². The monoisotopic (exact) mass is 326 g/mol. The highest BCUT2D eigenvalue weighted by Crippen LogP contribution is 2.22. The zero-order valence-corrected chi connectivity index (χ0v) is 12.8. The number of benzene rings is 1. The number of ether oxygens (including phenoxy) is 1. The van der Waals surface area contributed by atoms with Crippen LogP contribution in [0.15, 0.2) is 51.8 Å². The molecule has 0 spiro atoms. The fourth-order valence-electron chi connectivity index (χ4n) is 2.01. The number of carbonyl (C=O) groups excluding carboxylic acids is 1. The van der Waals surface area contributed by atoms with Crippen molar-refractivity contribution in [3.8, 4) is 17.2 Å². The highest BCUT2D eigenvalue weighted by atomic mass is 16.5. The molecule has 0 radical (unpaired) electrons. The lowest BCUT2D eigenvalue weighted by molar-refractivity contribution is 0.0947. The van der Waals surface area contributed by atoms with E-state index in [0.717, 1.165) is 5.56 Å². The Morgan fingerprint density at radius 1 is 1.29 bits per heavy atom. The molecule has 122 valence electrons. The smallest absolute Gasteiger partial charge is 0.253 e. The Balaban J connectivity index is 1.66. The number of methoxy groups -OCH3 is 1. The standard InChI is InChI=1S/C16H14N4O4/c1-23-12-4-2-3-10(7-12)16-20-19-14(24-16)9-18-15(22)11-5-6-13(21)17-8-11/h2-8H,9H2,1H3,(H,17,21)(H,18,22). The van der Waals surface area contributed by atoms with Gasteiger partial charge in [0.05, 0.1) is 19.2 Å². The Bertz CT molecular complexity index is 896. The molecule has 0 bridgehead atoms. The Kier molecular flexibility index (Phi) is 4.37. The molecular weight excluding hydrogens is 312 g/mol. The van der Waals surface area contributed by atoms with E-state index in [1.54, 1.807) is 13.2 Å². The molecule has 2 N–H and O–H groups in total. The third-order valence-electron chi connectivity index (χ3n) is 3.23. The van der Waals surface area contributed by atoms with Crippen LogP contribution in [0.2, 0.25) is 0 Å². The molecule has 8 nitrogen and oxygen atoms in total. The normalized spacial score (nSPS) is 10.4. The van der Waals surface area contributed by atoms with Crippen molar-refractivity contribution < 1.29 is 13.9 Å². The molecule has 1 aromatic carbocycles. The molecule has 3 aromatic rings. The zero-order valence-electron chi connectivity index (χ0n) is 12.8. The molecule has 24 heavy (non-hydrogen) atoms. The summed E-state index contributed by atoms with van der Waals surface area (Å²) in [5.41, 5.74) is 0.786. The number of carbonyl (C=O) groups is 1. The number of pyridine rings is 1. The van der Waals surface area contributed by atoms with Gasteiger partial charge in [0.1, 0.15) is 5.75 Å². The second-order valence-corrected chi connectivity index (χ2v) is 4.86. The van der Waals surface area contributed by atoms with Gasteiger partial charge in [0, 0.05) is 17.8 Å². The van der Waals surface area contributed by atoms with E-state index >= 15 is 0 Å². The van der Waals surface area contributed by atoms with Gasteiger partial charge in [0.25, 0.3) is 5.91 Å². The molecular formula is C16H14N4O4. The molecule has 0 fully saturated rings. The Morgan fingerprint density at radius 3 is 2.92 bits per heavy atom. The number of hydrogen-bond donors (Lipinski definition) is 2. The molecule has 1 amide bonds. The molecule has 0 aliphatic carbocycles. The first-order chi connectivity index (χ1) is 11.7. The summed E-state index contributed by atoms with van der Waals surface area (Å²) in [4.78, 5) is 25.4. The maximum absolute atomic E-state index is 12.0. The minimum Gasteiger partial charge on any atom is -0.497 e. The van der Waals surface area contributed by atoms with Gasteiger partial charge in [-0.3, -0.25) is 9.59 Å². The van der Waals surface area contributed by atoms with Gasteiger partial charge in [0.2, 0.25) is 17.3 Å². The van der Waals surface area contributed by atoms with E-state index in [-0.39, 0.29) is 23.9 Å². The molecule has 8 heteroatoms. The van der Waals surface area contributed by atoms with Crippen LogP contribution in [0.4, 0.5) is 0 Å². The van der Waals surface area contributed by atoms with Crippen molar-refractivity contribution in [1.29, 1.82) is 0 Å². The highest BCUT2D eigenvalue weighted by molar-refractivity contribution is 5.93. The van der Waals surface area contributed by atoms with Crippen molar-refractivity contribution in [3.63, 3.8) is 0 Å². The lowest BCUT2D eigenvalue weighted by Crippen LogP contribution is -2.23. The largest absolute Gasteiger partial charge is 0.497 e. The number of aromatic nitrogens is 3. The van der Waals surface area contributed by atoms with Crippen LogP contribution in [0.3, 0.4) is 0 Å². The lowest BCUT2D eigenvalue weighted by atomic mass is 10.2. The van der Waals surface area contributed by atoms with E-state index < -0.39 is 0 Å². The van der Waals surface area contributed by atoms with Crippen LogP contribution < -0.4 is 15.6 Å². The number of H-pyrrole nitrogens is 1. The predicted molar refractivity (Wildman–Crippen MR) is 84.5 cm³/mol. The second-order valence-electron chi connectivity index (χ2n) is 4.86. The first kappa shape index (κ1) is 15.5. The van der Waals surface area contributed by atoms with E-state index in [0.29, 0.717) is 17.2 Å². The van der Waals surface area contributed by atoms with Crippen LogP contribution in [0.25, 0.3) is 11.5 Å². The third-order valence-corrected chi connectivity index (χ3v) is 3.23. The number of amides is 1. The van der Waals surface area contributed by atoms with E-state index in [4.69, 9.17) is 9.15 Å². The van der Waals surface area contributed by atoms with Crippen molar-refractivity contribution in [2.24, 2.45) is 0 Å². The number of hydrogen-bond acceptors (Lipinski definition) is 6. The fraction of sp³-hybridized carbons (Fsp3) is 0.125. The Hall–Kier alpha value is -3.42. The van der Waals surface area contributed by atoms with Crippen molar-refractivity contribution in [3.05, 3.63) is 64.4 Å². The summed E-state index contributed by atoms with van der Waals surface area (Å²) in [6.45, 7) is 0.0783. The molecule has 0 saturated carbocycles. The van der Waals surface area contributed by atoms with Gasteiger partial charge in [-0.05, 0) is 24.3 Å². The van der Waals surface area contributed by atoms with Gasteiger partial charge < -0.3 is 19.5 Å². The van der Waals surface area contributed by atoms with Crippen molar-refractivity contribution in [2.75, 3.05) is 7.11 Å². The first-order valence-electron chi connectivity index (χ1n) is 7.09. The van der Waals surface area contributed by atoms with Crippen molar-refractivity contribution >= 4 is 5.91 Å². The molecule has 0 aliphatic heterocycles. The summed E-state index contributed by atoms with van der Waals surface area (Å²) in [5.74, 6) is 0.929. The number of nitrogens with one attached hydrogen (secondary N) is 2. The molecule has 2 aromatic heterocycles. The van der Waals surface area contributed by atoms with E-state index in [9.17, 15) is 9.59 Å². The first-order valence-corrected chi connectivity index (χ1v) is 7.09. The van der Waals surface area contributed by atoms with Gasteiger partial charge >= 0.3 is 0 Å². The molecule has 0 saturated heterocycles. The van der Waals surface area contributed by atoms with Crippen LogP contribution in [0, 0.1) is 0 Å². The summed E-state index contributed by atoms with van der Waals surface area (Å²) in [6.07, 6.45) is 1.34. The lowest BCUT2D eigenvalue weighted by Gasteiger charge is -2.02. The summed E-state index contributed by atoms with van der Waals surface area (Å²) in [7, 11) is 1.57. The van der Waals surface area contributed by atoms with Crippen molar-refractivity contribution in [1.82, 2.24) is 20.5 Å². The minimum atomic E-state index is -0.354. The third kappa shape index (κ3) is 3.49. The zero-order chi connectivity index (χ0) is 16.9. The maximum Gasteiger partial charge on any atom is 0.253 e. The maximum atomic E-state index is 12.0. The van der Waals surface area contributed by atoms with Gasteiger partial charge in [-0.25, -0.2) is 0 Å². The quantitative estimate of drug-likeness (QED) is 0.732. The van der Waals surface area contributed by atoms with Crippen LogP contribution in [-0.4, -0.2) is 28.2 Å². The van der Waals surface area contributed by atoms with E-state index in [1.165, 1.54) is 18.3 Å². The Labute approximate surface area is 136 Å². The predicted octanol–water partition coefficient (Wildman–Crippen LogP) is 1.36. The minimum absolute atomic E-state index is 0.0783. The second kappa shape index (κ2) is 6.78. The van der Waals surface area contributed by atoms with Crippen LogP contribution in [0.1, 0.15) is 16.2 Å². The number of rotatable bonds is 5. The van der Waals surface area contributed by atoms with E-state index in [2.05, 4.69) is 20.5 Å². The van der Waals surface area contributed by atoms with Crippen molar-refractivity contribution in [2.45, 2.75) is 6.54 Å². The van der Waals surface area contributed by atoms with Gasteiger partial charge in [-0.15, -0.1) is 10.2 Å². The topological polar surface area (TPSA) is 110 Å². The van der Waals surface area contributed by atoms with Crippen LogP contribution >= 0.6 is 0 Å². The van der Waals surface area contributed by atoms with Crippen LogP contribution in [-0.2, 0) is 6.54 Å². The summed E-state index contributed by atoms with van der Waals surface area (Å²) in [6, 6.07) is 9.93. The summed E-state index contributed by atoms with van der Waals surface area (Å²) < 4.78 is 10.7. The molecule has 0 unspecified atom stereocenters. The van der Waals surface area contributed by atoms with Crippen LogP contribution in [0.5, 0.6) is 5.75 Å².